The molecule has 0 fully saturated rings. The molecule has 1 unspecified atom stereocenters. The van der Waals surface area contributed by atoms with Crippen LogP contribution in [0, 0.1) is 0 Å². The largest absolute Gasteiger partial charge is 0.497 e. The SMILES string of the molecule is COc1ccc2c(CCC(N)C(=O)OCc3ccccc3)cc(=O)oc2c1.O=C(O)C(F)(F)F. The van der Waals surface area contributed by atoms with Crippen molar-refractivity contribution in [2.45, 2.75) is 31.7 Å². The summed E-state index contributed by atoms with van der Waals surface area (Å²) in [6, 6.07) is 15.3. The number of hydrogen-bond donors (Lipinski definition) is 2. The molecule has 3 aromatic rings. The Hall–Kier alpha value is -3.86. The Balaban J connectivity index is 0.000000509. The second-order valence-electron chi connectivity index (χ2n) is 6.99. The zero-order valence-electron chi connectivity index (χ0n) is 18.0. The lowest BCUT2D eigenvalue weighted by Crippen LogP contribution is -2.32. The number of alkyl halides is 3. The van der Waals surface area contributed by atoms with Gasteiger partial charge in [0.15, 0.2) is 0 Å². The summed E-state index contributed by atoms with van der Waals surface area (Å²) in [4.78, 5) is 32.8. The van der Waals surface area contributed by atoms with E-state index < -0.39 is 29.8 Å². The first kappa shape index (κ1) is 26.4. The monoisotopic (exact) mass is 481 g/mol. The number of carboxylic acid groups (broad SMARTS) is 1. The highest BCUT2D eigenvalue weighted by atomic mass is 19.4. The Kier molecular flexibility index (Phi) is 9.19. The second-order valence-corrected chi connectivity index (χ2v) is 6.99. The molecule has 3 N–H and O–H groups in total. The third-order valence-corrected chi connectivity index (χ3v) is 4.53. The Bertz CT molecular complexity index is 1180. The van der Waals surface area contributed by atoms with Gasteiger partial charge in [-0.1, -0.05) is 30.3 Å². The lowest BCUT2D eigenvalue weighted by Gasteiger charge is -2.12. The topological polar surface area (TPSA) is 129 Å². The molecule has 34 heavy (non-hydrogen) atoms. The highest BCUT2D eigenvalue weighted by Crippen LogP contribution is 2.23. The second kappa shape index (κ2) is 11.8. The van der Waals surface area contributed by atoms with E-state index >= 15 is 0 Å². The van der Waals surface area contributed by atoms with Gasteiger partial charge in [-0.25, -0.2) is 9.59 Å². The average molecular weight is 481 g/mol. The minimum atomic E-state index is -5.08. The van der Waals surface area contributed by atoms with Crippen LogP contribution in [-0.2, 0) is 27.4 Å². The van der Waals surface area contributed by atoms with Crippen LogP contribution in [0.3, 0.4) is 0 Å². The Morgan fingerprint density at radius 3 is 2.35 bits per heavy atom. The van der Waals surface area contributed by atoms with E-state index in [-0.39, 0.29) is 6.61 Å². The number of hydrogen-bond acceptors (Lipinski definition) is 7. The number of benzene rings is 2. The first-order valence-corrected chi connectivity index (χ1v) is 9.88. The number of carbonyl (C=O) groups excluding carboxylic acids is 1. The lowest BCUT2D eigenvalue weighted by atomic mass is 10.0. The molecule has 0 amide bonds. The zero-order chi connectivity index (χ0) is 25.3. The van der Waals surface area contributed by atoms with Crippen LogP contribution in [0.2, 0.25) is 0 Å². The quantitative estimate of drug-likeness (QED) is 0.388. The molecule has 0 spiro atoms. The number of ether oxygens (including phenoxy) is 2. The van der Waals surface area contributed by atoms with Crippen molar-refractivity contribution in [1.82, 2.24) is 0 Å². The molecule has 0 radical (unpaired) electrons. The van der Waals surface area contributed by atoms with Gasteiger partial charge in [-0.15, -0.1) is 0 Å². The van der Waals surface area contributed by atoms with Crippen molar-refractivity contribution in [3.05, 3.63) is 76.1 Å². The predicted molar refractivity (Wildman–Crippen MR) is 115 cm³/mol. The maximum Gasteiger partial charge on any atom is 0.490 e. The summed E-state index contributed by atoms with van der Waals surface area (Å²) < 4.78 is 47.4. The van der Waals surface area contributed by atoms with E-state index in [0.29, 0.717) is 24.2 Å². The number of rotatable bonds is 7. The molecule has 2 aromatic carbocycles. The van der Waals surface area contributed by atoms with Gasteiger partial charge in [-0.2, -0.15) is 13.2 Å². The van der Waals surface area contributed by atoms with E-state index in [1.165, 1.54) is 6.07 Å². The molecule has 182 valence electrons. The van der Waals surface area contributed by atoms with Gasteiger partial charge in [0.05, 0.1) is 7.11 Å². The minimum Gasteiger partial charge on any atom is -0.497 e. The summed E-state index contributed by atoms with van der Waals surface area (Å²) in [5, 5.41) is 7.92. The fourth-order valence-corrected chi connectivity index (χ4v) is 2.81. The molecule has 3 rings (SSSR count). The standard InChI is InChI=1S/C21H21NO5.C2HF3O2/c1-25-16-8-9-17-15(11-20(23)27-19(17)12-16)7-10-18(22)21(24)26-13-14-5-3-2-4-6-14;3-2(4,5)1(6)7/h2-6,8-9,11-12,18H,7,10,13,22H2,1H3;(H,6,7). The first-order chi connectivity index (χ1) is 16.0. The maximum absolute atomic E-state index is 12.1. The van der Waals surface area contributed by atoms with Crippen LogP contribution in [0.1, 0.15) is 17.5 Å². The van der Waals surface area contributed by atoms with Crippen molar-refractivity contribution in [3.63, 3.8) is 0 Å². The Morgan fingerprint density at radius 2 is 1.76 bits per heavy atom. The molecule has 0 saturated heterocycles. The maximum atomic E-state index is 12.1. The number of aryl methyl sites for hydroxylation is 1. The molecule has 0 aliphatic carbocycles. The first-order valence-electron chi connectivity index (χ1n) is 9.88. The van der Waals surface area contributed by atoms with Crippen molar-refractivity contribution in [3.8, 4) is 5.75 Å². The predicted octanol–water partition coefficient (Wildman–Crippen LogP) is 3.44. The molecule has 0 bridgehead atoms. The van der Waals surface area contributed by atoms with Crippen molar-refractivity contribution < 1.29 is 41.8 Å². The summed E-state index contributed by atoms with van der Waals surface area (Å²) >= 11 is 0. The number of esters is 1. The van der Waals surface area contributed by atoms with Gasteiger partial charge in [-0.05, 0) is 36.1 Å². The molecule has 1 aromatic heterocycles. The van der Waals surface area contributed by atoms with Crippen molar-refractivity contribution in [1.29, 1.82) is 0 Å². The van der Waals surface area contributed by atoms with Gasteiger partial charge in [0.1, 0.15) is 24.0 Å². The summed E-state index contributed by atoms with van der Waals surface area (Å²) in [5.74, 6) is -2.62. The van der Waals surface area contributed by atoms with Gasteiger partial charge in [0.2, 0.25) is 0 Å². The van der Waals surface area contributed by atoms with Crippen molar-refractivity contribution in [2.75, 3.05) is 7.11 Å². The minimum absolute atomic E-state index is 0.186. The fraction of sp³-hybridized carbons (Fsp3) is 0.261. The molecule has 8 nitrogen and oxygen atoms in total. The molecule has 1 atom stereocenters. The van der Waals surface area contributed by atoms with Gasteiger partial charge in [0, 0.05) is 17.5 Å². The van der Waals surface area contributed by atoms with E-state index in [4.69, 9.17) is 29.5 Å². The van der Waals surface area contributed by atoms with Crippen LogP contribution in [0.15, 0.2) is 63.8 Å². The number of nitrogens with two attached hydrogens (primary N) is 1. The summed E-state index contributed by atoms with van der Waals surface area (Å²) in [6.45, 7) is 0.186. The molecule has 0 aliphatic heterocycles. The zero-order valence-corrected chi connectivity index (χ0v) is 18.0. The van der Waals surface area contributed by atoms with Crippen LogP contribution in [0.25, 0.3) is 11.0 Å². The van der Waals surface area contributed by atoms with E-state index in [1.807, 2.05) is 36.4 Å². The number of halogens is 3. The average Bonchev–Trinajstić information content (AvgIpc) is 2.80. The summed E-state index contributed by atoms with van der Waals surface area (Å²) in [7, 11) is 1.54. The third kappa shape index (κ3) is 7.93. The van der Waals surface area contributed by atoms with Crippen LogP contribution < -0.4 is 16.1 Å². The van der Waals surface area contributed by atoms with Crippen LogP contribution >= 0.6 is 0 Å². The van der Waals surface area contributed by atoms with Gasteiger partial charge in [0.25, 0.3) is 0 Å². The van der Waals surface area contributed by atoms with E-state index in [2.05, 4.69) is 0 Å². The highest BCUT2D eigenvalue weighted by Gasteiger charge is 2.38. The molecule has 1 heterocycles. The fourth-order valence-electron chi connectivity index (χ4n) is 2.81. The number of carboxylic acids is 1. The molecule has 0 saturated carbocycles. The summed E-state index contributed by atoms with van der Waals surface area (Å²) in [5.41, 5.74) is 7.62. The van der Waals surface area contributed by atoms with Crippen molar-refractivity contribution >= 4 is 22.9 Å². The molecule has 11 heteroatoms. The van der Waals surface area contributed by atoms with Crippen LogP contribution in [0.5, 0.6) is 5.75 Å². The smallest absolute Gasteiger partial charge is 0.490 e. The lowest BCUT2D eigenvalue weighted by molar-refractivity contribution is -0.192. The number of aliphatic carboxylic acids is 1. The third-order valence-electron chi connectivity index (χ3n) is 4.53. The van der Waals surface area contributed by atoms with Gasteiger partial charge >= 0.3 is 23.7 Å². The van der Waals surface area contributed by atoms with Crippen LogP contribution in [0.4, 0.5) is 13.2 Å². The van der Waals surface area contributed by atoms with Crippen molar-refractivity contribution in [2.24, 2.45) is 5.73 Å². The van der Waals surface area contributed by atoms with Gasteiger partial charge < -0.3 is 24.7 Å². The molecular formula is C23H22F3NO7. The molecular weight excluding hydrogens is 459 g/mol. The Morgan fingerprint density at radius 1 is 1.12 bits per heavy atom. The van der Waals surface area contributed by atoms with Crippen LogP contribution in [-0.4, -0.2) is 36.4 Å². The Labute approximate surface area is 191 Å². The summed E-state index contributed by atoms with van der Waals surface area (Å²) in [6.07, 6.45) is -4.27. The number of carbonyl (C=O) groups is 2. The molecule has 0 aliphatic rings. The number of fused-ring (bicyclic) bond motifs is 1. The van der Waals surface area contributed by atoms with Gasteiger partial charge in [-0.3, -0.25) is 4.79 Å². The highest BCUT2D eigenvalue weighted by molar-refractivity contribution is 5.82. The van der Waals surface area contributed by atoms with E-state index in [0.717, 1.165) is 16.5 Å². The van der Waals surface area contributed by atoms with E-state index in [1.54, 1.807) is 19.2 Å². The van der Waals surface area contributed by atoms with E-state index in [9.17, 15) is 22.8 Å². The normalized spacial score (nSPS) is 11.8. The number of methoxy groups -OCH3 is 1.